The van der Waals surface area contributed by atoms with E-state index in [2.05, 4.69) is 27.3 Å². The summed E-state index contributed by atoms with van der Waals surface area (Å²) in [6.07, 6.45) is 3.78. The lowest BCUT2D eigenvalue weighted by Gasteiger charge is -2.35. The minimum Gasteiger partial charge on any atom is -0.338 e. The summed E-state index contributed by atoms with van der Waals surface area (Å²) in [6.45, 7) is 3.19. The van der Waals surface area contributed by atoms with E-state index in [1.165, 1.54) is 43.9 Å². The maximum Gasteiger partial charge on any atom is 0.319 e. The first kappa shape index (κ1) is 15.2. The molecule has 3 heterocycles. The molecule has 0 saturated carbocycles. The van der Waals surface area contributed by atoms with Crippen molar-refractivity contribution in [3.8, 4) is 0 Å². The SMILES string of the molecule is O=C(NCC1CCN([C@H]2CCSC2)CC1)Nc1cccs1. The Morgan fingerprint density at radius 3 is 2.86 bits per heavy atom. The highest BCUT2D eigenvalue weighted by molar-refractivity contribution is 7.99. The summed E-state index contributed by atoms with van der Waals surface area (Å²) in [7, 11) is 0. The maximum absolute atomic E-state index is 11.8. The van der Waals surface area contributed by atoms with E-state index in [0.29, 0.717) is 5.92 Å². The zero-order valence-electron chi connectivity index (χ0n) is 12.2. The van der Waals surface area contributed by atoms with Crippen LogP contribution in [0, 0.1) is 5.92 Å². The lowest BCUT2D eigenvalue weighted by atomic mass is 9.95. The fourth-order valence-electron chi connectivity index (χ4n) is 3.08. The number of thiophene rings is 1. The van der Waals surface area contributed by atoms with Crippen LogP contribution in [0.2, 0.25) is 0 Å². The average Bonchev–Trinajstić information content (AvgIpc) is 3.19. The molecule has 6 heteroatoms. The summed E-state index contributed by atoms with van der Waals surface area (Å²) in [5.74, 6) is 3.27. The number of nitrogens with one attached hydrogen (secondary N) is 2. The van der Waals surface area contributed by atoms with Crippen LogP contribution in [0.25, 0.3) is 0 Å². The number of nitrogens with zero attached hydrogens (tertiary/aromatic N) is 1. The second kappa shape index (κ2) is 7.51. The van der Waals surface area contributed by atoms with Gasteiger partial charge in [0, 0.05) is 18.3 Å². The van der Waals surface area contributed by atoms with Crippen LogP contribution in [0.1, 0.15) is 19.3 Å². The van der Waals surface area contributed by atoms with Crippen molar-refractivity contribution in [1.29, 1.82) is 0 Å². The summed E-state index contributed by atoms with van der Waals surface area (Å²) in [6, 6.07) is 4.60. The van der Waals surface area contributed by atoms with Gasteiger partial charge >= 0.3 is 6.03 Å². The van der Waals surface area contributed by atoms with E-state index < -0.39 is 0 Å². The highest BCUT2D eigenvalue weighted by atomic mass is 32.2. The Morgan fingerprint density at radius 2 is 2.19 bits per heavy atom. The van der Waals surface area contributed by atoms with Crippen molar-refractivity contribution in [2.24, 2.45) is 5.92 Å². The monoisotopic (exact) mass is 325 g/mol. The highest BCUT2D eigenvalue weighted by Gasteiger charge is 2.27. The Balaban J connectivity index is 1.34. The van der Waals surface area contributed by atoms with Crippen LogP contribution in [0.15, 0.2) is 17.5 Å². The molecule has 0 radical (unpaired) electrons. The topological polar surface area (TPSA) is 44.4 Å². The van der Waals surface area contributed by atoms with Crippen molar-refractivity contribution < 1.29 is 4.79 Å². The van der Waals surface area contributed by atoms with E-state index in [1.807, 2.05) is 17.5 Å². The van der Waals surface area contributed by atoms with Crippen LogP contribution < -0.4 is 10.6 Å². The number of hydrogen-bond donors (Lipinski definition) is 2. The van der Waals surface area contributed by atoms with E-state index in [9.17, 15) is 4.79 Å². The van der Waals surface area contributed by atoms with Crippen LogP contribution in [0.4, 0.5) is 9.80 Å². The van der Waals surface area contributed by atoms with Gasteiger partial charge in [-0.25, -0.2) is 4.79 Å². The molecule has 3 rings (SSSR count). The number of piperidine rings is 1. The second-order valence-corrected chi connectivity index (χ2v) is 7.91. The van der Waals surface area contributed by atoms with Crippen molar-refractivity contribution in [3.05, 3.63) is 17.5 Å². The third-order valence-electron chi connectivity index (χ3n) is 4.38. The highest BCUT2D eigenvalue weighted by Crippen LogP contribution is 2.26. The number of anilines is 1. The molecule has 2 N–H and O–H groups in total. The quantitative estimate of drug-likeness (QED) is 0.894. The van der Waals surface area contributed by atoms with Crippen LogP contribution in [0.3, 0.4) is 0 Å². The van der Waals surface area contributed by atoms with E-state index in [1.54, 1.807) is 11.3 Å². The van der Waals surface area contributed by atoms with Crippen molar-refractivity contribution in [1.82, 2.24) is 10.2 Å². The largest absolute Gasteiger partial charge is 0.338 e. The van der Waals surface area contributed by atoms with Gasteiger partial charge in [-0.3, -0.25) is 10.2 Å². The number of likely N-dealkylation sites (tertiary alicyclic amines) is 1. The number of rotatable bonds is 4. The van der Waals surface area contributed by atoms with E-state index in [-0.39, 0.29) is 6.03 Å². The normalized spacial score (nSPS) is 24.1. The predicted molar refractivity (Wildman–Crippen MR) is 91.4 cm³/mol. The lowest BCUT2D eigenvalue weighted by molar-refractivity contribution is 0.143. The predicted octanol–water partition coefficient (Wildman–Crippen LogP) is 3.09. The number of thioether (sulfide) groups is 1. The Morgan fingerprint density at radius 1 is 1.33 bits per heavy atom. The van der Waals surface area contributed by atoms with Gasteiger partial charge in [0.05, 0.1) is 5.00 Å². The fourth-order valence-corrected chi connectivity index (χ4v) is 4.94. The number of carbonyl (C=O) groups excluding carboxylic acids is 1. The van der Waals surface area contributed by atoms with Gasteiger partial charge < -0.3 is 5.32 Å². The molecule has 116 valence electrons. The number of urea groups is 1. The molecule has 0 bridgehead atoms. The fraction of sp³-hybridized carbons (Fsp3) is 0.667. The van der Waals surface area contributed by atoms with Crippen molar-refractivity contribution in [2.45, 2.75) is 25.3 Å². The first-order valence-corrected chi connectivity index (χ1v) is 9.75. The van der Waals surface area contributed by atoms with Crippen LogP contribution in [-0.2, 0) is 0 Å². The molecule has 0 spiro atoms. The number of hydrogen-bond acceptors (Lipinski definition) is 4. The van der Waals surface area contributed by atoms with Crippen LogP contribution in [0.5, 0.6) is 0 Å². The van der Waals surface area contributed by atoms with E-state index in [4.69, 9.17) is 0 Å². The van der Waals surface area contributed by atoms with Gasteiger partial charge in [-0.05, 0) is 61.5 Å². The van der Waals surface area contributed by atoms with Crippen LogP contribution in [-0.4, -0.2) is 48.1 Å². The molecule has 0 aliphatic carbocycles. The van der Waals surface area contributed by atoms with E-state index in [0.717, 1.165) is 17.6 Å². The van der Waals surface area contributed by atoms with Gasteiger partial charge in [0.1, 0.15) is 0 Å². The van der Waals surface area contributed by atoms with Gasteiger partial charge in [-0.15, -0.1) is 11.3 Å². The summed E-state index contributed by atoms with van der Waals surface area (Å²) in [5, 5.41) is 8.75. The first-order chi connectivity index (χ1) is 10.3. The molecule has 21 heavy (non-hydrogen) atoms. The number of carbonyl (C=O) groups is 1. The molecule has 4 nitrogen and oxygen atoms in total. The standard InChI is InChI=1S/C15H23N3OS2/c19-15(17-14-2-1-8-21-14)16-10-12-3-6-18(7-4-12)13-5-9-20-11-13/h1-2,8,12-13H,3-7,9-11H2,(H2,16,17,19)/t13-/m0/s1. The molecule has 0 unspecified atom stereocenters. The summed E-state index contributed by atoms with van der Waals surface area (Å²) < 4.78 is 0. The zero-order chi connectivity index (χ0) is 14.5. The molecule has 0 aromatic carbocycles. The molecule has 2 aliphatic rings. The Labute approximate surface area is 134 Å². The molecule has 2 saturated heterocycles. The van der Waals surface area contributed by atoms with Crippen molar-refractivity contribution in [2.75, 3.05) is 36.5 Å². The average molecular weight is 326 g/mol. The molecule has 2 amide bonds. The summed E-state index contributed by atoms with van der Waals surface area (Å²) in [5.41, 5.74) is 0. The van der Waals surface area contributed by atoms with Gasteiger partial charge in [0.25, 0.3) is 0 Å². The van der Waals surface area contributed by atoms with E-state index >= 15 is 0 Å². The smallest absolute Gasteiger partial charge is 0.319 e. The Hall–Kier alpha value is -0.720. The minimum absolute atomic E-state index is 0.0768. The molecular formula is C15H23N3OS2. The van der Waals surface area contributed by atoms with Gasteiger partial charge in [0.15, 0.2) is 0 Å². The lowest BCUT2D eigenvalue weighted by Crippen LogP contribution is -2.44. The van der Waals surface area contributed by atoms with Crippen molar-refractivity contribution in [3.63, 3.8) is 0 Å². The molecule has 1 aromatic rings. The second-order valence-electron chi connectivity index (χ2n) is 5.81. The molecule has 2 aliphatic heterocycles. The number of amides is 2. The molecule has 1 aromatic heterocycles. The minimum atomic E-state index is -0.0768. The molecular weight excluding hydrogens is 302 g/mol. The third kappa shape index (κ3) is 4.37. The summed E-state index contributed by atoms with van der Waals surface area (Å²) in [4.78, 5) is 14.5. The van der Waals surface area contributed by atoms with Crippen LogP contribution >= 0.6 is 23.1 Å². The van der Waals surface area contributed by atoms with Crippen molar-refractivity contribution >= 4 is 34.1 Å². The maximum atomic E-state index is 11.8. The van der Waals surface area contributed by atoms with Gasteiger partial charge in [0.2, 0.25) is 0 Å². The molecule has 1 atom stereocenters. The molecule has 2 fully saturated rings. The van der Waals surface area contributed by atoms with Gasteiger partial charge in [-0.2, -0.15) is 11.8 Å². The third-order valence-corrected chi connectivity index (χ3v) is 6.31. The first-order valence-electron chi connectivity index (χ1n) is 7.71. The summed E-state index contributed by atoms with van der Waals surface area (Å²) >= 11 is 3.63. The Bertz CT molecular complexity index is 438. The zero-order valence-corrected chi connectivity index (χ0v) is 13.8. The van der Waals surface area contributed by atoms with Gasteiger partial charge in [-0.1, -0.05) is 0 Å². The Kier molecular flexibility index (Phi) is 5.43.